The first-order valence-electron chi connectivity index (χ1n) is 18.9. The summed E-state index contributed by atoms with van der Waals surface area (Å²) in [6.07, 6.45) is 0. The van der Waals surface area contributed by atoms with Crippen molar-refractivity contribution in [1.29, 1.82) is 0 Å². The minimum atomic E-state index is -0.106. The predicted octanol–water partition coefficient (Wildman–Crippen LogP) is 12.5. The first kappa shape index (κ1) is 33.3. The second kappa shape index (κ2) is 12.9. The number of quaternary nitrogens is 1. The second-order valence-electron chi connectivity index (χ2n) is 15.0. The fraction of sp³-hybridized carbons (Fsp3) is 0.125. The zero-order valence-electron chi connectivity index (χ0n) is 31.2. The quantitative estimate of drug-likeness (QED) is 0.145. The molecule has 7 heteroatoms. The van der Waals surface area contributed by atoms with E-state index in [0.717, 1.165) is 95.2 Å². The van der Waals surface area contributed by atoms with Gasteiger partial charge in [-0.1, -0.05) is 97.1 Å². The molecule has 0 aliphatic carbocycles. The van der Waals surface area contributed by atoms with Gasteiger partial charge in [0.1, 0.15) is 17.6 Å². The van der Waals surface area contributed by atoms with Crippen molar-refractivity contribution in [2.24, 2.45) is 0 Å². The number of hydrogen-bond donors (Lipinski definition) is 0. The standard InChI is InChI=1S/C48H41N6S/c1-48(2)51-32-33-54(48,3)47-46(51)49-42-43(50-47)45(35-26-30-41(31-27-35)53(38-20-12-6-13-21-38)39-22-14-7-15-23-39)55-44(42)34-24-28-40(29-25-34)52(36-16-8-4-9-17-36)37-18-10-5-11-19-37/h4-31H,32-33H2,1-3H3/q+1. The molecule has 8 aromatic rings. The summed E-state index contributed by atoms with van der Waals surface area (Å²) >= 11 is 1.79. The molecule has 0 amide bonds. The number of anilines is 7. The molecular formula is C48H41N6S+. The number of hydrogen-bond acceptors (Lipinski definition) is 6. The summed E-state index contributed by atoms with van der Waals surface area (Å²) in [5, 5.41) is 0. The maximum Gasteiger partial charge on any atom is 0.273 e. The van der Waals surface area contributed by atoms with Crippen LogP contribution in [0.1, 0.15) is 13.8 Å². The van der Waals surface area contributed by atoms with E-state index in [1.807, 2.05) is 0 Å². The first-order valence-corrected chi connectivity index (χ1v) is 19.7. The largest absolute Gasteiger partial charge is 0.311 e. The number of benzene rings is 6. The van der Waals surface area contributed by atoms with Crippen molar-refractivity contribution in [3.8, 4) is 20.9 Å². The van der Waals surface area contributed by atoms with Crippen molar-refractivity contribution in [2.45, 2.75) is 19.5 Å². The monoisotopic (exact) mass is 733 g/mol. The van der Waals surface area contributed by atoms with Gasteiger partial charge in [0, 0.05) is 48.0 Å². The summed E-state index contributed by atoms with van der Waals surface area (Å²) < 4.78 is 0.765. The van der Waals surface area contributed by atoms with Gasteiger partial charge >= 0.3 is 0 Å². The van der Waals surface area contributed by atoms with Gasteiger partial charge in [-0.15, -0.1) is 11.3 Å². The third kappa shape index (κ3) is 5.34. The lowest BCUT2D eigenvalue weighted by atomic mass is 10.1. The van der Waals surface area contributed by atoms with Crippen LogP contribution < -0.4 is 19.2 Å². The maximum absolute atomic E-state index is 5.57. The van der Waals surface area contributed by atoms with Crippen molar-refractivity contribution in [1.82, 2.24) is 14.5 Å². The molecule has 6 nitrogen and oxygen atoms in total. The highest BCUT2D eigenvalue weighted by Gasteiger charge is 2.62. The number of rotatable bonds is 8. The van der Waals surface area contributed by atoms with Crippen LogP contribution in [0, 0.1) is 0 Å². The highest BCUT2D eigenvalue weighted by atomic mass is 32.1. The molecule has 1 unspecified atom stereocenters. The zero-order chi connectivity index (χ0) is 37.1. The molecular weight excluding hydrogens is 693 g/mol. The first-order chi connectivity index (χ1) is 26.9. The molecule has 10 rings (SSSR count). The Morgan fingerprint density at radius 3 is 1.27 bits per heavy atom. The molecule has 2 bridgehead atoms. The molecule has 0 spiro atoms. The zero-order valence-corrected chi connectivity index (χ0v) is 32.0. The van der Waals surface area contributed by atoms with Gasteiger partial charge in [0.15, 0.2) is 5.66 Å². The highest BCUT2D eigenvalue weighted by Crippen LogP contribution is 2.54. The molecule has 55 heavy (non-hydrogen) atoms. The van der Waals surface area contributed by atoms with Gasteiger partial charge < -0.3 is 9.80 Å². The highest BCUT2D eigenvalue weighted by molar-refractivity contribution is 7.20. The summed E-state index contributed by atoms with van der Waals surface area (Å²) in [5.74, 6) is 2.09. The summed E-state index contributed by atoms with van der Waals surface area (Å²) in [7, 11) is 2.32. The van der Waals surface area contributed by atoms with Crippen LogP contribution in [0.3, 0.4) is 0 Å². The van der Waals surface area contributed by atoms with Crippen LogP contribution in [0.25, 0.3) is 31.9 Å². The van der Waals surface area contributed by atoms with E-state index in [1.165, 1.54) is 0 Å². The van der Waals surface area contributed by atoms with Gasteiger partial charge in [0.25, 0.3) is 5.82 Å². The Morgan fingerprint density at radius 2 is 0.873 bits per heavy atom. The van der Waals surface area contributed by atoms with Gasteiger partial charge in [-0.2, -0.15) is 4.98 Å². The Kier molecular flexibility index (Phi) is 7.83. The average molecular weight is 734 g/mol. The third-order valence-corrected chi connectivity index (χ3v) is 13.0. The molecule has 1 saturated heterocycles. The van der Waals surface area contributed by atoms with Gasteiger partial charge in [0.2, 0.25) is 5.82 Å². The van der Waals surface area contributed by atoms with E-state index < -0.39 is 0 Å². The molecule has 0 saturated carbocycles. The number of nitrogens with zero attached hydrogens (tertiary/aromatic N) is 6. The smallest absolute Gasteiger partial charge is 0.273 e. The number of fused-ring (bicyclic) bond motifs is 6. The molecule has 0 radical (unpaired) electrons. The lowest BCUT2D eigenvalue weighted by molar-refractivity contribution is 0.234. The van der Waals surface area contributed by atoms with Crippen LogP contribution in [0.4, 0.5) is 45.8 Å². The molecule has 268 valence electrons. The Balaban J connectivity index is 1.10. The lowest BCUT2D eigenvalue weighted by Crippen LogP contribution is -2.57. The van der Waals surface area contributed by atoms with E-state index in [9.17, 15) is 0 Å². The van der Waals surface area contributed by atoms with E-state index >= 15 is 0 Å². The van der Waals surface area contributed by atoms with E-state index in [1.54, 1.807) is 11.3 Å². The van der Waals surface area contributed by atoms with Crippen molar-refractivity contribution in [2.75, 3.05) is 34.8 Å². The van der Waals surface area contributed by atoms with Crippen LogP contribution in [-0.2, 0) is 0 Å². The van der Waals surface area contributed by atoms with Crippen molar-refractivity contribution < 1.29 is 0 Å². The number of aromatic nitrogens is 2. The Bertz CT molecular complexity index is 2550. The molecule has 4 heterocycles. The Morgan fingerprint density at radius 1 is 0.509 bits per heavy atom. The minimum absolute atomic E-state index is 0.106. The van der Waals surface area contributed by atoms with E-state index in [2.05, 4.69) is 205 Å². The van der Waals surface area contributed by atoms with E-state index in [4.69, 9.17) is 9.97 Å². The molecule has 6 aromatic carbocycles. The van der Waals surface area contributed by atoms with E-state index in [0.29, 0.717) is 0 Å². The molecule has 0 N–H and O–H groups in total. The van der Waals surface area contributed by atoms with Gasteiger partial charge in [-0.25, -0.2) is 4.98 Å². The predicted molar refractivity (Wildman–Crippen MR) is 232 cm³/mol. The summed E-state index contributed by atoms with van der Waals surface area (Å²) in [6, 6.07) is 60.1. The molecule has 1 fully saturated rings. The van der Waals surface area contributed by atoms with Gasteiger partial charge in [0.05, 0.1) is 23.3 Å². The SMILES string of the molecule is CC1(C)N2CC[N+]1(C)c1nc3c(-c4ccc(N(c5ccccc5)c5ccccc5)cc4)sc(-c4ccc(N(c5ccccc5)c5ccccc5)cc4)c3nc12. The van der Waals surface area contributed by atoms with Gasteiger partial charge in [-0.05, 0) is 83.9 Å². The van der Waals surface area contributed by atoms with Crippen LogP contribution >= 0.6 is 11.3 Å². The number of likely N-dealkylation sites (N-methyl/N-ethyl adjacent to an activating group) is 1. The second-order valence-corrected chi connectivity index (χ2v) is 16.0. The summed E-state index contributed by atoms with van der Waals surface area (Å²) in [5.41, 5.74) is 10.8. The van der Waals surface area contributed by atoms with Crippen LogP contribution in [0.15, 0.2) is 170 Å². The maximum atomic E-state index is 5.57. The minimum Gasteiger partial charge on any atom is -0.311 e. The molecule has 2 aliphatic heterocycles. The van der Waals surface area contributed by atoms with Crippen LogP contribution in [0.2, 0.25) is 0 Å². The molecule has 2 aliphatic rings. The normalized spacial score (nSPS) is 16.7. The van der Waals surface area contributed by atoms with Crippen molar-refractivity contribution >= 4 is 68.1 Å². The fourth-order valence-corrected chi connectivity index (χ4v) is 9.60. The van der Waals surface area contributed by atoms with Gasteiger partial charge in [-0.3, -0.25) is 9.38 Å². The van der Waals surface area contributed by atoms with Crippen molar-refractivity contribution in [3.63, 3.8) is 0 Å². The summed E-state index contributed by atoms with van der Waals surface area (Å²) in [6.45, 7) is 6.66. The fourth-order valence-electron chi connectivity index (χ4n) is 8.41. The van der Waals surface area contributed by atoms with Crippen LogP contribution in [0.5, 0.6) is 0 Å². The Hall–Kier alpha value is -6.28. The average Bonchev–Trinajstić information content (AvgIpc) is 3.78. The lowest BCUT2D eigenvalue weighted by Gasteiger charge is -2.35. The Labute approximate surface area is 326 Å². The van der Waals surface area contributed by atoms with E-state index in [-0.39, 0.29) is 5.66 Å². The molecule has 1 atom stereocenters. The van der Waals surface area contributed by atoms with Crippen molar-refractivity contribution in [3.05, 3.63) is 170 Å². The molecule has 2 aromatic heterocycles. The van der Waals surface area contributed by atoms with Crippen LogP contribution in [-0.4, -0.2) is 35.8 Å². The third-order valence-electron chi connectivity index (χ3n) is 11.7. The summed E-state index contributed by atoms with van der Waals surface area (Å²) in [4.78, 5) is 20.4. The topological polar surface area (TPSA) is 35.5 Å². The number of para-hydroxylation sites is 4. The number of thiophene rings is 1.